The van der Waals surface area contributed by atoms with Crippen molar-refractivity contribution in [1.82, 2.24) is 0 Å². The standard InChI is InChI=1S/C10H18O2/c1-2-6-3-7-4-8(10(6)12)5-9(7)11/h6-12H,2-5H2,1H3. The normalized spacial score (nSPS) is 52.8. The molecule has 12 heavy (non-hydrogen) atoms. The molecule has 0 radical (unpaired) electrons. The number of fused-ring (bicyclic) bond motifs is 2. The summed E-state index contributed by atoms with van der Waals surface area (Å²) in [6, 6.07) is 0. The van der Waals surface area contributed by atoms with E-state index in [-0.39, 0.29) is 12.2 Å². The van der Waals surface area contributed by atoms with E-state index in [0.29, 0.717) is 17.8 Å². The highest BCUT2D eigenvalue weighted by Crippen LogP contribution is 2.45. The molecule has 0 saturated heterocycles. The minimum absolute atomic E-state index is 0.124. The van der Waals surface area contributed by atoms with Gasteiger partial charge in [-0.1, -0.05) is 13.3 Å². The van der Waals surface area contributed by atoms with Crippen LogP contribution in [-0.4, -0.2) is 22.4 Å². The van der Waals surface area contributed by atoms with Gasteiger partial charge in [0.05, 0.1) is 12.2 Å². The van der Waals surface area contributed by atoms with Gasteiger partial charge in [-0.25, -0.2) is 0 Å². The van der Waals surface area contributed by atoms with E-state index < -0.39 is 0 Å². The molecule has 2 N–H and O–H groups in total. The molecule has 5 unspecified atom stereocenters. The molecule has 0 aliphatic heterocycles. The molecule has 5 atom stereocenters. The van der Waals surface area contributed by atoms with Crippen molar-refractivity contribution in [2.24, 2.45) is 17.8 Å². The van der Waals surface area contributed by atoms with Gasteiger partial charge in [-0.15, -0.1) is 0 Å². The van der Waals surface area contributed by atoms with Crippen molar-refractivity contribution >= 4 is 0 Å². The number of aliphatic hydroxyl groups excluding tert-OH is 2. The Morgan fingerprint density at radius 2 is 1.83 bits per heavy atom. The van der Waals surface area contributed by atoms with E-state index in [9.17, 15) is 10.2 Å². The highest BCUT2D eigenvalue weighted by Gasteiger charge is 2.44. The molecule has 2 saturated carbocycles. The van der Waals surface area contributed by atoms with E-state index in [4.69, 9.17) is 0 Å². The Labute approximate surface area is 73.6 Å². The average Bonchev–Trinajstić information content (AvgIpc) is 2.37. The number of rotatable bonds is 1. The fourth-order valence-electron chi connectivity index (χ4n) is 3.00. The predicted molar refractivity (Wildman–Crippen MR) is 46.6 cm³/mol. The summed E-state index contributed by atoms with van der Waals surface area (Å²) >= 11 is 0. The van der Waals surface area contributed by atoms with Crippen LogP contribution >= 0.6 is 0 Å². The second-order valence-corrected chi connectivity index (χ2v) is 4.45. The SMILES string of the molecule is CCC1CC2CC(CC2O)C1O. The van der Waals surface area contributed by atoms with Gasteiger partial charge in [-0.05, 0) is 37.0 Å². The Kier molecular flexibility index (Phi) is 2.13. The van der Waals surface area contributed by atoms with E-state index in [1.54, 1.807) is 0 Å². The van der Waals surface area contributed by atoms with Gasteiger partial charge in [0.25, 0.3) is 0 Å². The lowest BCUT2D eigenvalue weighted by atomic mass is 9.77. The Balaban J connectivity index is 2.09. The first kappa shape index (κ1) is 8.52. The van der Waals surface area contributed by atoms with Crippen LogP contribution in [0.25, 0.3) is 0 Å². The number of aliphatic hydroxyl groups is 2. The van der Waals surface area contributed by atoms with Crippen LogP contribution in [0.15, 0.2) is 0 Å². The van der Waals surface area contributed by atoms with Crippen molar-refractivity contribution in [3.8, 4) is 0 Å². The van der Waals surface area contributed by atoms with Crippen LogP contribution in [0.2, 0.25) is 0 Å². The fraction of sp³-hybridized carbons (Fsp3) is 1.00. The zero-order valence-corrected chi connectivity index (χ0v) is 7.61. The summed E-state index contributed by atoms with van der Waals surface area (Å²) in [6.45, 7) is 2.13. The Hall–Kier alpha value is -0.0800. The van der Waals surface area contributed by atoms with Crippen LogP contribution in [0.5, 0.6) is 0 Å². The monoisotopic (exact) mass is 170 g/mol. The second kappa shape index (κ2) is 3.00. The first-order valence-corrected chi connectivity index (χ1v) is 5.08. The van der Waals surface area contributed by atoms with Crippen molar-refractivity contribution in [2.75, 3.05) is 0 Å². The first-order valence-electron chi connectivity index (χ1n) is 5.08. The van der Waals surface area contributed by atoms with Crippen LogP contribution < -0.4 is 0 Å². The van der Waals surface area contributed by atoms with E-state index in [2.05, 4.69) is 6.92 Å². The zero-order valence-electron chi connectivity index (χ0n) is 7.61. The van der Waals surface area contributed by atoms with E-state index in [1.165, 1.54) is 0 Å². The zero-order chi connectivity index (χ0) is 8.72. The van der Waals surface area contributed by atoms with E-state index in [1.807, 2.05) is 0 Å². The van der Waals surface area contributed by atoms with Gasteiger partial charge in [0, 0.05) is 0 Å². The maximum Gasteiger partial charge on any atom is 0.0597 e. The third-order valence-electron chi connectivity index (χ3n) is 3.79. The lowest BCUT2D eigenvalue weighted by Crippen LogP contribution is -2.32. The lowest BCUT2D eigenvalue weighted by molar-refractivity contribution is 0.0182. The molecule has 2 nitrogen and oxygen atoms in total. The van der Waals surface area contributed by atoms with Gasteiger partial charge in [0.15, 0.2) is 0 Å². The number of hydrogen-bond donors (Lipinski definition) is 2. The molecule has 2 rings (SSSR count). The largest absolute Gasteiger partial charge is 0.393 e. The van der Waals surface area contributed by atoms with E-state index >= 15 is 0 Å². The van der Waals surface area contributed by atoms with Crippen LogP contribution in [0.4, 0.5) is 0 Å². The second-order valence-electron chi connectivity index (χ2n) is 4.45. The summed E-state index contributed by atoms with van der Waals surface area (Å²) in [5.74, 6) is 1.33. The minimum atomic E-state index is -0.136. The molecule has 70 valence electrons. The molecular formula is C10H18O2. The van der Waals surface area contributed by atoms with Gasteiger partial charge in [-0.2, -0.15) is 0 Å². The maximum absolute atomic E-state index is 9.86. The third-order valence-corrected chi connectivity index (χ3v) is 3.79. The summed E-state index contributed by atoms with van der Waals surface area (Å²) in [5, 5.41) is 19.5. The van der Waals surface area contributed by atoms with Crippen LogP contribution in [-0.2, 0) is 0 Å². The molecule has 0 aromatic rings. The van der Waals surface area contributed by atoms with Gasteiger partial charge >= 0.3 is 0 Å². The number of hydrogen-bond acceptors (Lipinski definition) is 2. The minimum Gasteiger partial charge on any atom is -0.393 e. The highest BCUT2D eigenvalue weighted by atomic mass is 16.3. The quantitative estimate of drug-likeness (QED) is 0.620. The van der Waals surface area contributed by atoms with Crippen molar-refractivity contribution in [3.05, 3.63) is 0 Å². The topological polar surface area (TPSA) is 40.5 Å². The van der Waals surface area contributed by atoms with Crippen LogP contribution in [0.1, 0.15) is 32.6 Å². The highest BCUT2D eigenvalue weighted by molar-refractivity contribution is 4.95. The van der Waals surface area contributed by atoms with Crippen molar-refractivity contribution in [3.63, 3.8) is 0 Å². The summed E-state index contributed by atoms with van der Waals surface area (Å²) < 4.78 is 0. The van der Waals surface area contributed by atoms with Gasteiger partial charge in [-0.3, -0.25) is 0 Å². The lowest BCUT2D eigenvalue weighted by Gasteiger charge is -2.32. The summed E-state index contributed by atoms with van der Waals surface area (Å²) in [4.78, 5) is 0. The third kappa shape index (κ3) is 1.17. The first-order chi connectivity index (χ1) is 5.72. The van der Waals surface area contributed by atoms with Gasteiger partial charge in [0.1, 0.15) is 0 Å². The molecule has 0 spiro atoms. The Bertz CT molecular complexity index is 165. The summed E-state index contributed by atoms with van der Waals surface area (Å²) in [5.41, 5.74) is 0. The molecule has 0 amide bonds. The summed E-state index contributed by atoms with van der Waals surface area (Å²) in [7, 11) is 0. The molecule has 2 aliphatic carbocycles. The Morgan fingerprint density at radius 1 is 1.08 bits per heavy atom. The summed E-state index contributed by atoms with van der Waals surface area (Å²) in [6.07, 6.45) is 3.72. The van der Waals surface area contributed by atoms with Gasteiger partial charge in [0.2, 0.25) is 0 Å². The van der Waals surface area contributed by atoms with Crippen LogP contribution in [0, 0.1) is 17.8 Å². The van der Waals surface area contributed by atoms with Gasteiger partial charge < -0.3 is 10.2 Å². The molecule has 0 aromatic heterocycles. The van der Waals surface area contributed by atoms with Crippen molar-refractivity contribution in [1.29, 1.82) is 0 Å². The molecule has 2 heteroatoms. The fourth-order valence-corrected chi connectivity index (χ4v) is 3.00. The predicted octanol–water partition coefficient (Wildman–Crippen LogP) is 1.16. The molecular weight excluding hydrogens is 152 g/mol. The average molecular weight is 170 g/mol. The molecule has 0 heterocycles. The molecule has 0 aromatic carbocycles. The van der Waals surface area contributed by atoms with Crippen LogP contribution in [0.3, 0.4) is 0 Å². The maximum atomic E-state index is 9.86. The molecule has 2 bridgehead atoms. The van der Waals surface area contributed by atoms with Crippen molar-refractivity contribution in [2.45, 2.75) is 44.8 Å². The molecule has 2 fully saturated rings. The van der Waals surface area contributed by atoms with Crippen molar-refractivity contribution < 1.29 is 10.2 Å². The smallest absolute Gasteiger partial charge is 0.0597 e. The Morgan fingerprint density at radius 3 is 2.50 bits per heavy atom. The van der Waals surface area contributed by atoms with E-state index in [0.717, 1.165) is 25.7 Å². The molecule has 2 aliphatic rings.